The van der Waals surface area contributed by atoms with Crippen LogP contribution in [0.15, 0.2) is 18.2 Å². The maximum atomic E-state index is 6.12. The van der Waals surface area contributed by atoms with E-state index in [9.17, 15) is 0 Å². The van der Waals surface area contributed by atoms with Gasteiger partial charge in [0.2, 0.25) is 0 Å². The molecule has 0 aliphatic carbocycles. The van der Waals surface area contributed by atoms with Gasteiger partial charge in [0.15, 0.2) is 6.23 Å². The van der Waals surface area contributed by atoms with Gasteiger partial charge in [-0.25, -0.2) is 0 Å². The third kappa shape index (κ3) is 4.34. The summed E-state index contributed by atoms with van der Waals surface area (Å²) in [4.78, 5) is 0. The zero-order valence-corrected chi connectivity index (χ0v) is 16.5. The topological polar surface area (TPSA) is 55.4 Å². The lowest BCUT2D eigenvalue weighted by atomic mass is 10.2. The van der Waals surface area contributed by atoms with Crippen LogP contribution in [-0.4, -0.2) is 44.9 Å². The Bertz CT molecular complexity index is 514. The molecule has 8 heteroatoms. The van der Waals surface area contributed by atoms with Crippen LogP contribution in [-0.2, 0) is 24.3 Å². The third-order valence-electron chi connectivity index (χ3n) is 3.94. The van der Waals surface area contributed by atoms with Crippen molar-refractivity contribution < 1.29 is 26.9 Å². The largest absolute Gasteiger partial charge is 0.539 e. The van der Waals surface area contributed by atoms with Gasteiger partial charge in [-0.05, 0) is 24.7 Å². The maximum Gasteiger partial charge on any atom is 0.539 e. The van der Waals surface area contributed by atoms with Crippen molar-refractivity contribution in [3.8, 4) is 11.5 Å². The van der Waals surface area contributed by atoms with Crippen LogP contribution >= 0.6 is 0 Å². The van der Waals surface area contributed by atoms with Crippen LogP contribution in [0.4, 0.5) is 0 Å². The number of rotatable bonds is 8. The van der Waals surface area contributed by atoms with Crippen molar-refractivity contribution in [3.63, 3.8) is 0 Å². The van der Waals surface area contributed by atoms with Crippen molar-refractivity contribution >= 4 is 17.4 Å². The molecule has 1 heterocycles. The van der Waals surface area contributed by atoms with E-state index < -0.39 is 17.4 Å². The second kappa shape index (κ2) is 7.78. The van der Waals surface area contributed by atoms with Crippen LogP contribution in [0.1, 0.15) is 18.9 Å². The van der Waals surface area contributed by atoms with E-state index in [1.807, 2.05) is 18.2 Å². The fourth-order valence-corrected chi connectivity index (χ4v) is 6.06. The fraction of sp³-hybridized carbons (Fsp3) is 0.600. The van der Waals surface area contributed by atoms with Gasteiger partial charge in [0.05, 0.1) is 6.61 Å². The molecule has 0 N–H and O–H groups in total. The molecule has 1 atom stereocenters. The summed E-state index contributed by atoms with van der Waals surface area (Å²) in [5.74, 6) is 1.62. The minimum atomic E-state index is -2.75. The maximum absolute atomic E-state index is 6.12. The molecule has 0 spiro atoms. The van der Waals surface area contributed by atoms with Gasteiger partial charge in [-0.2, -0.15) is 0 Å². The zero-order valence-electron chi connectivity index (χ0n) is 14.5. The smallest absolute Gasteiger partial charge is 0.520 e. The van der Waals surface area contributed by atoms with Gasteiger partial charge in [-0.15, -0.1) is 0 Å². The Morgan fingerprint density at radius 1 is 1.17 bits per heavy atom. The average molecular weight is 359 g/mol. The summed E-state index contributed by atoms with van der Waals surface area (Å²) >= 11 is 0. The summed E-state index contributed by atoms with van der Waals surface area (Å²) in [6.07, 6.45) is 1.32. The van der Waals surface area contributed by atoms with Gasteiger partial charge in [-0.1, -0.05) is 13.3 Å². The van der Waals surface area contributed by atoms with Crippen LogP contribution in [0.2, 0.25) is 12.6 Å². The Kier molecular flexibility index (Phi) is 6.23. The summed E-state index contributed by atoms with van der Waals surface area (Å²) in [6, 6.07) is 6.78. The Hall–Kier alpha value is -0.906. The minimum Gasteiger partial charge on any atom is -0.520 e. The molecule has 0 saturated carbocycles. The van der Waals surface area contributed by atoms with Gasteiger partial charge < -0.3 is 26.9 Å². The van der Waals surface area contributed by atoms with Crippen LogP contribution in [0.5, 0.6) is 11.5 Å². The first-order chi connectivity index (χ1) is 11.0. The Morgan fingerprint density at radius 3 is 2.48 bits per heavy atom. The van der Waals surface area contributed by atoms with E-state index in [0.717, 1.165) is 29.5 Å². The molecule has 0 amide bonds. The molecule has 1 aromatic carbocycles. The molecular weight excluding hydrogens is 332 g/mol. The first-order valence-corrected chi connectivity index (χ1v) is 12.2. The molecule has 6 nitrogen and oxygen atoms in total. The van der Waals surface area contributed by atoms with Gasteiger partial charge in [0.25, 0.3) is 0 Å². The van der Waals surface area contributed by atoms with E-state index in [1.54, 1.807) is 21.3 Å². The summed E-state index contributed by atoms with van der Waals surface area (Å²) < 4.78 is 34.0. The molecule has 1 unspecified atom stereocenters. The molecular formula is C15H26O6Si2. The SMILES string of the molecule is CCC[Si]1(C)OCc2cc(OC[Si](OC)(OC)OC)ccc2O1. The molecule has 0 fully saturated rings. The lowest BCUT2D eigenvalue weighted by Gasteiger charge is -2.33. The van der Waals surface area contributed by atoms with Crippen LogP contribution in [0.25, 0.3) is 0 Å². The van der Waals surface area contributed by atoms with E-state index in [4.69, 9.17) is 26.9 Å². The second-order valence-corrected chi connectivity index (χ2v) is 11.8. The van der Waals surface area contributed by atoms with Crippen LogP contribution < -0.4 is 9.16 Å². The molecule has 1 aromatic rings. The average Bonchev–Trinajstić information content (AvgIpc) is 2.57. The summed E-state index contributed by atoms with van der Waals surface area (Å²) in [5, 5.41) is 0. The summed E-state index contributed by atoms with van der Waals surface area (Å²) in [5.41, 5.74) is 1.00. The van der Waals surface area contributed by atoms with Crippen LogP contribution in [0, 0.1) is 0 Å². The molecule has 0 bridgehead atoms. The van der Waals surface area contributed by atoms with Crippen molar-refractivity contribution in [3.05, 3.63) is 23.8 Å². The van der Waals surface area contributed by atoms with Gasteiger partial charge >= 0.3 is 17.4 Å². The number of ether oxygens (including phenoxy) is 1. The van der Waals surface area contributed by atoms with Crippen molar-refractivity contribution in [2.45, 2.75) is 32.5 Å². The molecule has 1 aliphatic rings. The van der Waals surface area contributed by atoms with Crippen molar-refractivity contribution in [2.75, 3.05) is 27.6 Å². The second-order valence-electron chi connectivity index (χ2n) is 5.63. The van der Waals surface area contributed by atoms with E-state index in [0.29, 0.717) is 6.61 Å². The molecule has 1 aliphatic heterocycles. The van der Waals surface area contributed by atoms with Crippen molar-refractivity contribution in [1.29, 1.82) is 0 Å². The zero-order chi connectivity index (χ0) is 16.9. The predicted molar refractivity (Wildman–Crippen MR) is 90.9 cm³/mol. The summed E-state index contributed by atoms with van der Waals surface area (Å²) in [6.45, 7) is 4.82. The highest BCUT2D eigenvalue weighted by molar-refractivity contribution is 6.67. The molecule has 2 rings (SSSR count). The highest BCUT2D eigenvalue weighted by Crippen LogP contribution is 2.34. The number of hydrogen-bond donors (Lipinski definition) is 0. The van der Waals surface area contributed by atoms with Gasteiger partial charge in [0, 0.05) is 32.9 Å². The lowest BCUT2D eigenvalue weighted by molar-refractivity contribution is 0.100. The van der Waals surface area contributed by atoms with Gasteiger partial charge in [-0.3, -0.25) is 0 Å². The first-order valence-electron chi connectivity index (χ1n) is 7.74. The van der Waals surface area contributed by atoms with E-state index in [2.05, 4.69) is 13.5 Å². The summed E-state index contributed by atoms with van der Waals surface area (Å²) in [7, 11) is -0.115. The first kappa shape index (κ1) is 18.4. The quantitative estimate of drug-likeness (QED) is 0.666. The Balaban J connectivity index is 2.05. The highest BCUT2D eigenvalue weighted by Gasteiger charge is 2.40. The standard InChI is InChI=1S/C15H26O6Si2/c1-6-9-22(5)20-11-13-10-14(7-8-15(13)21-22)19-12-23(16-2,17-3)18-4/h7-8,10H,6,9,11-12H2,1-5H3. The van der Waals surface area contributed by atoms with E-state index in [-0.39, 0.29) is 6.23 Å². The van der Waals surface area contributed by atoms with Crippen LogP contribution in [0.3, 0.4) is 0 Å². The highest BCUT2D eigenvalue weighted by atomic mass is 28.4. The molecule has 130 valence electrons. The predicted octanol–water partition coefficient (Wildman–Crippen LogP) is 2.87. The Labute approximate surface area is 140 Å². The molecule has 23 heavy (non-hydrogen) atoms. The normalized spacial score (nSPS) is 20.7. The fourth-order valence-electron chi connectivity index (χ4n) is 2.53. The molecule has 0 aromatic heterocycles. The van der Waals surface area contributed by atoms with Gasteiger partial charge in [0.1, 0.15) is 11.5 Å². The van der Waals surface area contributed by atoms with E-state index >= 15 is 0 Å². The number of fused-ring (bicyclic) bond motifs is 1. The monoisotopic (exact) mass is 358 g/mol. The molecule has 0 saturated heterocycles. The number of hydrogen-bond acceptors (Lipinski definition) is 6. The lowest BCUT2D eigenvalue weighted by Crippen LogP contribution is -2.49. The number of benzene rings is 1. The Morgan fingerprint density at radius 2 is 1.87 bits per heavy atom. The molecule has 0 radical (unpaired) electrons. The minimum absolute atomic E-state index is 0.249. The third-order valence-corrected chi connectivity index (χ3v) is 9.12. The van der Waals surface area contributed by atoms with Crippen molar-refractivity contribution in [1.82, 2.24) is 0 Å². The van der Waals surface area contributed by atoms with Crippen molar-refractivity contribution in [2.24, 2.45) is 0 Å². The van der Waals surface area contributed by atoms with E-state index in [1.165, 1.54) is 0 Å².